The monoisotopic (exact) mass is 307 g/mol. The van der Waals surface area contributed by atoms with E-state index >= 15 is 0 Å². The highest BCUT2D eigenvalue weighted by atomic mass is 79.9. The molecule has 13 heavy (non-hydrogen) atoms. The van der Waals surface area contributed by atoms with Gasteiger partial charge in [-0.25, -0.2) is 0 Å². The van der Waals surface area contributed by atoms with Crippen molar-refractivity contribution in [3.8, 4) is 5.75 Å². The maximum atomic E-state index is 5.13. The van der Waals surface area contributed by atoms with Crippen molar-refractivity contribution in [2.24, 2.45) is 0 Å². The van der Waals surface area contributed by atoms with Crippen LogP contribution in [-0.2, 0) is 6.54 Å². The molecule has 0 aromatic heterocycles. The van der Waals surface area contributed by atoms with Gasteiger partial charge >= 0.3 is 0 Å². The van der Waals surface area contributed by atoms with E-state index in [0.29, 0.717) is 0 Å². The van der Waals surface area contributed by atoms with Gasteiger partial charge in [0.25, 0.3) is 0 Å². The van der Waals surface area contributed by atoms with Gasteiger partial charge in [0.1, 0.15) is 5.75 Å². The fourth-order valence-electron chi connectivity index (χ4n) is 1.01. The first-order valence-corrected chi connectivity index (χ1v) is 5.78. The second-order valence-electron chi connectivity index (χ2n) is 2.53. The van der Waals surface area contributed by atoms with Crippen molar-refractivity contribution in [2.75, 3.05) is 12.6 Å². The van der Waals surface area contributed by atoms with Crippen molar-refractivity contribution in [3.05, 3.63) is 28.2 Å². The van der Waals surface area contributed by atoms with E-state index in [-0.39, 0.29) is 0 Å². The molecule has 0 aliphatic rings. The molecular weight excluding hydrogens is 298 g/mol. The molecule has 0 radical (unpaired) electrons. The highest BCUT2D eigenvalue weighted by molar-refractivity contribution is 9.10. The minimum atomic E-state index is 0.802. The van der Waals surface area contributed by atoms with Crippen molar-refractivity contribution in [2.45, 2.75) is 6.54 Å². The van der Waals surface area contributed by atoms with Gasteiger partial charge in [0.05, 0.1) is 17.0 Å². The van der Waals surface area contributed by atoms with Gasteiger partial charge in [-0.15, -0.1) is 0 Å². The first-order valence-electron chi connectivity index (χ1n) is 3.87. The Hall–Kier alpha value is -0.0600. The van der Waals surface area contributed by atoms with Gasteiger partial charge in [-0.3, -0.25) is 0 Å². The van der Waals surface area contributed by atoms with Crippen LogP contribution in [0.3, 0.4) is 0 Å². The Balaban J connectivity index is 2.71. The Morgan fingerprint density at radius 2 is 2.23 bits per heavy atom. The number of hydrogen-bond acceptors (Lipinski definition) is 2. The summed E-state index contributed by atoms with van der Waals surface area (Å²) in [5.41, 5.74) is 2.03. The highest BCUT2D eigenvalue weighted by Gasteiger charge is 2.00. The summed E-state index contributed by atoms with van der Waals surface area (Å²) in [6.07, 6.45) is 0. The van der Waals surface area contributed by atoms with E-state index in [0.717, 1.165) is 22.2 Å². The standard InChI is InChI=1S/C9H11Br2NO/c1-13-9-3-2-7(4-8(9)11)5-12-6-10/h2-4,12H,5-6H2,1H3. The molecule has 4 heteroatoms. The first kappa shape index (κ1) is 11.0. The molecule has 72 valence electrons. The lowest BCUT2D eigenvalue weighted by Gasteiger charge is -2.06. The number of methoxy groups -OCH3 is 1. The summed E-state index contributed by atoms with van der Waals surface area (Å²) < 4.78 is 6.12. The number of rotatable bonds is 4. The summed E-state index contributed by atoms with van der Waals surface area (Å²) in [6.45, 7) is 0.855. The summed E-state index contributed by atoms with van der Waals surface area (Å²) in [5, 5.41) is 3.18. The van der Waals surface area contributed by atoms with Crippen molar-refractivity contribution < 1.29 is 4.74 Å². The normalized spacial score (nSPS) is 10.1. The smallest absolute Gasteiger partial charge is 0.133 e. The average Bonchev–Trinajstić information content (AvgIpc) is 2.15. The molecule has 0 saturated heterocycles. The molecule has 1 aromatic carbocycles. The van der Waals surface area contributed by atoms with Crippen LogP contribution < -0.4 is 10.1 Å². The van der Waals surface area contributed by atoms with Crippen LogP contribution in [0, 0.1) is 0 Å². The fourth-order valence-corrected chi connectivity index (χ4v) is 1.80. The number of benzene rings is 1. The zero-order chi connectivity index (χ0) is 9.68. The lowest BCUT2D eigenvalue weighted by molar-refractivity contribution is 0.412. The fraction of sp³-hybridized carbons (Fsp3) is 0.333. The molecule has 0 fully saturated rings. The summed E-state index contributed by atoms with van der Waals surface area (Å²) in [6, 6.07) is 6.04. The zero-order valence-corrected chi connectivity index (χ0v) is 10.5. The number of halogens is 2. The van der Waals surface area contributed by atoms with E-state index < -0.39 is 0 Å². The molecule has 0 atom stereocenters. The average molecular weight is 309 g/mol. The maximum Gasteiger partial charge on any atom is 0.133 e. The lowest BCUT2D eigenvalue weighted by atomic mass is 10.2. The number of ether oxygens (including phenoxy) is 1. The quantitative estimate of drug-likeness (QED) is 0.682. The molecule has 2 nitrogen and oxygen atoms in total. The second-order valence-corrected chi connectivity index (χ2v) is 3.94. The van der Waals surface area contributed by atoms with Gasteiger partial charge in [-0.1, -0.05) is 22.0 Å². The molecule has 1 aromatic rings. The van der Waals surface area contributed by atoms with E-state index in [1.807, 2.05) is 12.1 Å². The SMILES string of the molecule is COc1ccc(CNCBr)cc1Br. The minimum absolute atomic E-state index is 0.802. The minimum Gasteiger partial charge on any atom is -0.496 e. The van der Waals surface area contributed by atoms with Gasteiger partial charge in [-0.05, 0) is 33.6 Å². The van der Waals surface area contributed by atoms with Crippen LogP contribution in [0.2, 0.25) is 0 Å². The third kappa shape index (κ3) is 3.29. The van der Waals surface area contributed by atoms with E-state index in [1.165, 1.54) is 5.56 Å². The Kier molecular flexibility index (Phi) is 4.77. The molecule has 0 amide bonds. The van der Waals surface area contributed by atoms with Gasteiger partial charge < -0.3 is 10.1 Å². The molecule has 0 unspecified atom stereocenters. The molecule has 1 rings (SSSR count). The van der Waals surface area contributed by atoms with E-state index in [1.54, 1.807) is 7.11 Å². The van der Waals surface area contributed by atoms with Crippen LogP contribution >= 0.6 is 31.9 Å². The zero-order valence-electron chi connectivity index (χ0n) is 7.31. The molecule has 0 saturated carbocycles. The van der Waals surface area contributed by atoms with Gasteiger partial charge in [0, 0.05) is 6.54 Å². The number of nitrogens with one attached hydrogen (secondary N) is 1. The third-order valence-corrected chi connectivity index (χ3v) is 2.66. The second kappa shape index (κ2) is 5.62. The topological polar surface area (TPSA) is 21.3 Å². The summed E-state index contributed by atoms with van der Waals surface area (Å²) in [5.74, 6) is 0.864. The van der Waals surface area contributed by atoms with Crippen molar-refractivity contribution in [1.82, 2.24) is 5.32 Å². The molecule has 0 spiro atoms. The van der Waals surface area contributed by atoms with Gasteiger partial charge in [0.2, 0.25) is 0 Å². The Labute approximate surface area is 94.9 Å². The maximum absolute atomic E-state index is 5.13. The summed E-state index contributed by atoms with van der Waals surface area (Å²) in [7, 11) is 1.66. The lowest BCUT2D eigenvalue weighted by Crippen LogP contribution is -2.09. The third-order valence-electron chi connectivity index (χ3n) is 1.64. The van der Waals surface area contributed by atoms with E-state index in [9.17, 15) is 0 Å². The molecule has 0 heterocycles. The predicted molar refractivity (Wildman–Crippen MR) is 61.3 cm³/mol. The van der Waals surface area contributed by atoms with Crippen LogP contribution in [-0.4, -0.2) is 12.6 Å². The van der Waals surface area contributed by atoms with Crippen LogP contribution in [0.5, 0.6) is 5.75 Å². The van der Waals surface area contributed by atoms with Gasteiger partial charge in [-0.2, -0.15) is 0 Å². The van der Waals surface area contributed by atoms with Crippen LogP contribution in [0.1, 0.15) is 5.56 Å². The van der Waals surface area contributed by atoms with E-state index in [2.05, 4.69) is 43.2 Å². The largest absolute Gasteiger partial charge is 0.496 e. The van der Waals surface area contributed by atoms with Crippen LogP contribution in [0.25, 0.3) is 0 Å². The van der Waals surface area contributed by atoms with Crippen molar-refractivity contribution in [3.63, 3.8) is 0 Å². The highest BCUT2D eigenvalue weighted by Crippen LogP contribution is 2.25. The number of alkyl halides is 1. The van der Waals surface area contributed by atoms with Crippen LogP contribution in [0.15, 0.2) is 22.7 Å². The molecule has 0 aliphatic heterocycles. The molecule has 0 aliphatic carbocycles. The summed E-state index contributed by atoms with van der Waals surface area (Å²) >= 11 is 6.74. The van der Waals surface area contributed by atoms with Gasteiger partial charge in [0.15, 0.2) is 0 Å². The van der Waals surface area contributed by atoms with E-state index in [4.69, 9.17) is 4.74 Å². The van der Waals surface area contributed by atoms with Crippen molar-refractivity contribution in [1.29, 1.82) is 0 Å². The Bertz CT molecular complexity index is 278. The Morgan fingerprint density at radius 1 is 1.46 bits per heavy atom. The molecular formula is C9H11Br2NO. The van der Waals surface area contributed by atoms with Crippen LogP contribution in [0.4, 0.5) is 0 Å². The van der Waals surface area contributed by atoms with Crippen molar-refractivity contribution >= 4 is 31.9 Å². The number of hydrogen-bond donors (Lipinski definition) is 1. The first-order chi connectivity index (χ1) is 6.27. The molecule has 1 N–H and O–H groups in total. The molecule has 0 bridgehead atoms. The predicted octanol–water partition coefficient (Wildman–Crippen LogP) is 2.90. The Morgan fingerprint density at radius 3 is 2.77 bits per heavy atom. The summed E-state index contributed by atoms with van der Waals surface area (Å²) in [4.78, 5) is 0.